The Hall–Kier alpha value is -2.19. The largest absolute Gasteiger partial charge is 0.490 e. The van der Waals surface area contributed by atoms with Crippen LogP contribution < -0.4 is 5.73 Å². The SMILES string of the molecule is CC1(C)C=C(C(=O)O[C@H]2[C@@H](O)[C@H](n3cnc4c(N)ncnc43)O[C@@H]2COP(=O)(O)OP(=O)(O)OP(=O)(O)O)C(C)(C)N1[O]. The van der Waals surface area contributed by atoms with Gasteiger partial charge in [-0.25, -0.2) is 33.4 Å². The van der Waals surface area contributed by atoms with Gasteiger partial charge in [-0.15, -0.1) is 10.3 Å². The van der Waals surface area contributed by atoms with Crippen LogP contribution in [-0.2, 0) is 46.3 Å². The highest BCUT2D eigenvalue weighted by atomic mass is 31.3. The summed E-state index contributed by atoms with van der Waals surface area (Å²) in [5.74, 6) is -1.06. The predicted octanol–water partition coefficient (Wildman–Crippen LogP) is 0.0666. The number of nitrogens with two attached hydrogens (primary N) is 1. The normalized spacial score (nSPS) is 28.4. The van der Waals surface area contributed by atoms with E-state index in [0.717, 1.165) is 6.33 Å². The minimum absolute atomic E-state index is 0.0105. The second-order valence-corrected chi connectivity index (χ2v) is 14.9. The average molecular weight is 673 g/mol. The Bertz CT molecular complexity index is 1590. The lowest BCUT2D eigenvalue weighted by Crippen LogP contribution is -2.48. The maximum absolute atomic E-state index is 13.3. The number of rotatable bonds is 10. The van der Waals surface area contributed by atoms with Gasteiger partial charge in [0.05, 0.1) is 29.6 Å². The summed E-state index contributed by atoms with van der Waals surface area (Å²) in [6.45, 7) is 5.01. The molecule has 0 bridgehead atoms. The molecule has 1 fully saturated rings. The zero-order chi connectivity index (χ0) is 32.3. The second kappa shape index (κ2) is 11.3. The number of carbonyl (C=O) groups excluding carboxylic acids is 1. The van der Waals surface area contributed by atoms with Gasteiger partial charge < -0.3 is 39.9 Å². The Kier molecular flexibility index (Phi) is 8.86. The maximum atomic E-state index is 13.3. The first-order valence-electron chi connectivity index (χ1n) is 12.0. The minimum atomic E-state index is -5.83. The van der Waals surface area contributed by atoms with Crippen LogP contribution in [0.5, 0.6) is 0 Å². The molecule has 4 heterocycles. The van der Waals surface area contributed by atoms with Crippen molar-refractivity contribution in [3.05, 3.63) is 24.3 Å². The summed E-state index contributed by atoms with van der Waals surface area (Å²) in [4.78, 5) is 62.0. The predicted molar refractivity (Wildman–Crippen MR) is 138 cm³/mol. The molecular formula is C19H28N6O15P3. The van der Waals surface area contributed by atoms with Gasteiger partial charge >= 0.3 is 29.4 Å². The van der Waals surface area contributed by atoms with Gasteiger partial charge in [0, 0.05) is 0 Å². The van der Waals surface area contributed by atoms with Crippen molar-refractivity contribution in [2.24, 2.45) is 0 Å². The van der Waals surface area contributed by atoms with Crippen LogP contribution in [0.3, 0.4) is 0 Å². The van der Waals surface area contributed by atoms with Gasteiger partial charge in [-0.05, 0) is 33.8 Å². The zero-order valence-electron chi connectivity index (χ0n) is 22.7. The highest BCUT2D eigenvalue weighted by Gasteiger charge is 2.53. The zero-order valence-corrected chi connectivity index (χ0v) is 25.4. The van der Waals surface area contributed by atoms with E-state index < -0.39 is 71.7 Å². The van der Waals surface area contributed by atoms with E-state index in [9.17, 15) is 38.6 Å². The third kappa shape index (κ3) is 7.06. The Morgan fingerprint density at radius 1 is 1.07 bits per heavy atom. The molecule has 0 saturated carbocycles. The van der Waals surface area contributed by atoms with Gasteiger partial charge in [0.25, 0.3) is 0 Å². The third-order valence-electron chi connectivity index (χ3n) is 6.44. The van der Waals surface area contributed by atoms with Crippen LogP contribution in [-0.4, -0.2) is 91.2 Å². The number of fused-ring (bicyclic) bond motifs is 1. The van der Waals surface area contributed by atoms with Gasteiger partial charge in [0.15, 0.2) is 23.8 Å². The first kappa shape index (κ1) is 33.7. The number of imidazole rings is 1. The number of hydrogen-bond donors (Lipinski definition) is 6. The van der Waals surface area contributed by atoms with Crippen molar-refractivity contribution in [2.45, 2.75) is 63.3 Å². The number of nitrogen functional groups attached to an aromatic ring is 1. The first-order chi connectivity index (χ1) is 19.5. The highest BCUT2D eigenvalue weighted by molar-refractivity contribution is 7.66. The average Bonchev–Trinajstić information content (AvgIpc) is 3.44. The van der Waals surface area contributed by atoms with Crippen LogP contribution in [0.25, 0.3) is 11.2 Å². The Morgan fingerprint density at radius 2 is 1.72 bits per heavy atom. The summed E-state index contributed by atoms with van der Waals surface area (Å²) < 4.78 is 59.5. The van der Waals surface area contributed by atoms with E-state index in [4.69, 9.17) is 25.0 Å². The number of aliphatic hydroxyl groups is 1. The topological polar surface area (TPSA) is 308 Å². The van der Waals surface area contributed by atoms with Crippen molar-refractivity contribution in [2.75, 3.05) is 12.3 Å². The van der Waals surface area contributed by atoms with E-state index in [1.807, 2.05) is 0 Å². The smallest absolute Gasteiger partial charge is 0.453 e. The van der Waals surface area contributed by atoms with E-state index >= 15 is 0 Å². The molecule has 2 aromatic rings. The van der Waals surface area contributed by atoms with Crippen LogP contribution in [0, 0.1) is 0 Å². The second-order valence-electron chi connectivity index (χ2n) is 10.5. The lowest BCUT2D eigenvalue weighted by molar-refractivity contribution is -0.239. The Labute approximate surface area is 242 Å². The number of carbonyl (C=O) groups is 1. The molecule has 0 spiro atoms. The monoisotopic (exact) mass is 673 g/mol. The summed E-state index contributed by atoms with van der Waals surface area (Å²) in [5.41, 5.74) is 3.49. The Balaban J connectivity index is 1.62. The lowest BCUT2D eigenvalue weighted by atomic mass is 9.96. The molecule has 1 radical (unpaired) electrons. The minimum Gasteiger partial charge on any atom is -0.453 e. The fourth-order valence-electron chi connectivity index (χ4n) is 4.67. The number of aromatic nitrogens is 4. The summed E-state index contributed by atoms with van der Waals surface area (Å²) in [6, 6.07) is 0. The van der Waals surface area contributed by atoms with Gasteiger partial charge in [-0.2, -0.15) is 8.62 Å². The molecule has 2 aromatic heterocycles. The van der Waals surface area contributed by atoms with Crippen molar-refractivity contribution in [1.82, 2.24) is 24.6 Å². The van der Waals surface area contributed by atoms with Gasteiger partial charge in [-0.3, -0.25) is 9.09 Å². The number of phosphoric ester groups is 1. The lowest BCUT2D eigenvalue weighted by Gasteiger charge is -2.33. The van der Waals surface area contributed by atoms with E-state index in [1.54, 1.807) is 13.8 Å². The summed E-state index contributed by atoms with van der Waals surface area (Å²) in [7, 11) is -17.1. The van der Waals surface area contributed by atoms with Crippen LogP contribution in [0.1, 0.15) is 33.9 Å². The third-order valence-corrected chi connectivity index (χ3v) is 10.2. The van der Waals surface area contributed by atoms with Gasteiger partial charge in [0.2, 0.25) is 0 Å². The molecule has 43 heavy (non-hydrogen) atoms. The fraction of sp³-hybridized carbons (Fsp3) is 0.579. The maximum Gasteiger partial charge on any atom is 0.490 e. The first-order valence-corrected chi connectivity index (χ1v) is 16.5. The van der Waals surface area contributed by atoms with Crippen LogP contribution in [0.2, 0.25) is 0 Å². The van der Waals surface area contributed by atoms with Gasteiger partial charge in [0.1, 0.15) is 24.1 Å². The van der Waals surface area contributed by atoms with Crippen molar-refractivity contribution >= 4 is 46.4 Å². The molecule has 239 valence electrons. The van der Waals surface area contributed by atoms with E-state index in [1.165, 1.54) is 30.8 Å². The number of anilines is 1. The summed E-state index contributed by atoms with van der Waals surface area (Å²) >= 11 is 0. The number of phosphoric acid groups is 3. The molecule has 4 rings (SSSR count). The summed E-state index contributed by atoms with van der Waals surface area (Å²) in [6.07, 6.45) is -2.81. The number of hydroxylamine groups is 2. The van der Waals surface area contributed by atoms with E-state index in [-0.39, 0.29) is 22.6 Å². The van der Waals surface area contributed by atoms with Gasteiger partial charge in [-0.1, -0.05) is 0 Å². The van der Waals surface area contributed by atoms with Crippen LogP contribution >= 0.6 is 23.5 Å². The number of hydrogen-bond acceptors (Lipinski definition) is 15. The highest BCUT2D eigenvalue weighted by Crippen LogP contribution is 2.66. The fourth-order valence-corrected chi connectivity index (χ4v) is 7.70. The molecule has 24 heteroatoms. The van der Waals surface area contributed by atoms with Crippen molar-refractivity contribution < 1.29 is 71.0 Å². The quantitative estimate of drug-likeness (QED) is 0.143. The van der Waals surface area contributed by atoms with Crippen LogP contribution in [0.15, 0.2) is 24.3 Å². The van der Waals surface area contributed by atoms with Crippen molar-refractivity contribution in [1.29, 1.82) is 0 Å². The molecule has 1 saturated heterocycles. The van der Waals surface area contributed by atoms with Crippen molar-refractivity contribution in [3.8, 4) is 0 Å². The number of ether oxygens (including phenoxy) is 2. The Morgan fingerprint density at radius 3 is 2.30 bits per heavy atom. The van der Waals surface area contributed by atoms with Crippen LogP contribution in [0.4, 0.5) is 5.82 Å². The molecule has 0 aromatic carbocycles. The molecule has 7 N–H and O–H groups in total. The number of esters is 1. The molecule has 2 aliphatic heterocycles. The number of aliphatic hydroxyl groups excluding tert-OH is 1. The molecule has 2 unspecified atom stereocenters. The van der Waals surface area contributed by atoms with Crippen molar-refractivity contribution in [3.63, 3.8) is 0 Å². The number of nitrogens with zero attached hydrogens (tertiary/aromatic N) is 5. The summed E-state index contributed by atoms with van der Waals surface area (Å²) in [5, 5.41) is 24.6. The molecule has 21 nitrogen and oxygen atoms in total. The van der Waals surface area contributed by atoms with E-state index in [0.29, 0.717) is 5.06 Å². The molecular weight excluding hydrogens is 645 g/mol. The molecule has 6 atom stereocenters. The standard InChI is InChI=1S/C19H28N6O15P3/c1-18(2)5-9(19(3,4)25(18)28)17(27)38-13-10(6-36-42(32,33)40-43(34,35)39-41(29,30)31)37-16(12(13)26)24-8-23-11-14(20)21-7-22-15(11)24/h5,7-8,10,12-13,16,26H,6H2,1-4H3,(H,32,33)(H,34,35)(H2,20,21,22)(H2,29,30,31)/t10-,12-,13-,16-/m1/s1. The van der Waals surface area contributed by atoms with E-state index in [2.05, 4.69) is 28.1 Å². The molecule has 2 aliphatic rings. The molecule has 0 amide bonds. The molecule has 0 aliphatic carbocycles.